The Morgan fingerprint density at radius 2 is 1.41 bits per heavy atom. The van der Waals surface area contributed by atoms with Gasteiger partial charge in [0, 0.05) is 5.02 Å². The molecular formula is C14H11ClN2. The fourth-order valence-corrected chi connectivity index (χ4v) is 1.75. The second-order valence-electron chi connectivity index (χ2n) is 3.76. The predicted octanol–water partition coefficient (Wildman–Crippen LogP) is 3.26. The summed E-state index contributed by atoms with van der Waals surface area (Å²) in [4.78, 5) is 0. The largest absolute Gasteiger partial charge is 0.320 e. The van der Waals surface area contributed by atoms with Gasteiger partial charge in [-0.2, -0.15) is 5.26 Å². The van der Waals surface area contributed by atoms with Gasteiger partial charge in [-0.15, -0.1) is 0 Å². The number of hydrogen-bond acceptors (Lipinski definition) is 2. The van der Waals surface area contributed by atoms with Gasteiger partial charge in [0.15, 0.2) is 0 Å². The van der Waals surface area contributed by atoms with E-state index in [1.165, 1.54) is 0 Å². The van der Waals surface area contributed by atoms with Crippen LogP contribution in [0.3, 0.4) is 0 Å². The highest BCUT2D eigenvalue weighted by Crippen LogP contribution is 2.21. The summed E-state index contributed by atoms with van der Waals surface area (Å²) in [6.07, 6.45) is 0. The molecule has 2 nitrogen and oxygen atoms in total. The molecule has 0 aliphatic rings. The van der Waals surface area contributed by atoms with Crippen molar-refractivity contribution in [2.24, 2.45) is 5.73 Å². The lowest BCUT2D eigenvalue weighted by Gasteiger charge is -2.12. The van der Waals surface area contributed by atoms with Crippen LogP contribution < -0.4 is 5.73 Å². The third-order valence-corrected chi connectivity index (χ3v) is 2.88. The summed E-state index contributed by atoms with van der Waals surface area (Å²) in [5.41, 5.74) is 8.75. The van der Waals surface area contributed by atoms with Gasteiger partial charge in [0.25, 0.3) is 0 Å². The average Bonchev–Trinajstić information content (AvgIpc) is 2.39. The second-order valence-corrected chi connectivity index (χ2v) is 4.20. The van der Waals surface area contributed by atoms with Crippen LogP contribution >= 0.6 is 11.6 Å². The number of nitrogens with two attached hydrogens (primary N) is 1. The maximum atomic E-state index is 8.72. The molecule has 2 N–H and O–H groups in total. The van der Waals surface area contributed by atoms with Crippen LogP contribution in [0.2, 0.25) is 5.02 Å². The van der Waals surface area contributed by atoms with Crippen molar-refractivity contribution in [2.45, 2.75) is 6.04 Å². The number of hydrogen-bond donors (Lipinski definition) is 1. The molecule has 0 heterocycles. The van der Waals surface area contributed by atoms with Crippen molar-refractivity contribution in [1.29, 1.82) is 5.26 Å². The zero-order chi connectivity index (χ0) is 12.3. The normalized spacial score (nSPS) is 11.8. The average molecular weight is 243 g/mol. The third kappa shape index (κ3) is 2.65. The number of rotatable bonds is 2. The first kappa shape index (κ1) is 11.7. The van der Waals surface area contributed by atoms with Crippen molar-refractivity contribution in [3.63, 3.8) is 0 Å². The number of benzene rings is 2. The summed E-state index contributed by atoms with van der Waals surface area (Å²) < 4.78 is 0. The standard InChI is InChI=1S/C14H11ClN2/c15-13-7-5-12(6-8-13)14(17)11-3-1-10(9-16)2-4-11/h1-8,14H,17H2/t14-/m0/s1. The SMILES string of the molecule is N#Cc1ccc([C@H](N)c2ccc(Cl)cc2)cc1. The van der Waals surface area contributed by atoms with Crippen LogP contribution in [-0.4, -0.2) is 0 Å². The Morgan fingerprint density at radius 3 is 1.88 bits per heavy atom. The molecule has 0 aliphatic heterocycles. The van der Waals surface area contributed by atoms with Crippen LogP contribution in [0, 0.1) is 11.3 Å². The molecule has 3 heteroatoms. The molecule has 0 bridgehead atoms. The van der Waals surface area contributed by atoms with Gasteiger partial charge >= 0.3 is 0 Å². The van der Waals surface area contributed by atoms with Crippen LogP contribution in [0.15, 0.2) is 48.5 Å². The Balaban J connectivity index is 2.27. The fraction of sp³-hybridized carbons (Fsp3) is 0.0714. The minimum absolute atomic E-state index is 0.194. The minimum Gasteiger partial charge on any atom is -0.320 e. The van der Waals surface area contributed by atoms with Crippen LogP contribution in [-0.2, 0) is 0 Å². The lowest BCUT2D eigenvalue weighted by molar-refractivity contribution is 0.871. The maximum absolute atomic E-state index is 8.72. The van der Waals surface area contributed by atoms with Crippen molar-refractivity contribution in [2.75, 3.05) is 0 Å². The van der Waals surface area contributed by atoms with Gasteiger partial charge in [-0.25, -0.2) is 0 Å². The summed E-state index contributed by atoms with van der Waals surface area (Å²) >= 11 is 5.83. The van der Waals surface area contributed by atoms with E-state index in [1.807, 2.05) is 36.4 Å². The predicted molar refractivity (Wildman–Crippen MR) is 68.6 cm³/mol. The Kier molecular flexibility index (Phi) is 3.43. The molecule has 0 saturated heterocycles. The zero-order valence-corrected chi connectivity index (χ0v) is 9.85. The van der Waals surface area contributed by atoms with E-state index >= 15 is 0 Å². The van der Waals surface area contributed by atoms with Gasteiger partial charge in [0.05, 0.1) is 17.7 Å². The highest BCUT2D eigenvalue weighted by Gasteiger charge is 2.08. The Bertz CT molecular complexity index is 538. The molecule has 0 saturated carbocycles. The molecular weight excluding hydrogens is 232 g/mol. The van der Waals surface area contributed by atoms with Crippen LogP contribution in [0.4, 0.5) is 0 Å². The summed E-state index contributed by atoms with van der Waals surface area (Å²) in [6, 6.07) is 16.6. The van der Waals surface area contributed by atoms with Crippen molar-refractivity contribution in [1.82, 2.24) is 0 Å². The Labute approximate surface area is 105 Å². The smallest absolute Gasteiger partial charge is 0.0991 e. The van der Waals surface area contributed by atoms with Gasteiger partial charge < -0.3 is 5.73 Å². The lowest BCUT2D eigenvalue weighted by atomic mass is 9.99. The van der Waals surface area contributed by atoms with E-state index in [1.54, 1.807) is 12.1 Å². The molecule has 1 atom stereocenters. The van der Waals surface area contributed by atoms with Gasteiger partial charge in [-0.05, 0) is 35.4 Å². The number of halogens is 1. The highest BCUT2D eigenvalue weighted by molar-refractivity contribution is 6.30. The fourth-order valence-electron chi connectivity index (χ4n) is 1.63. The van der Waals surface area contributed by atoms with E-state index in [0.29, 0.717) is 10.6 Å². The molecule has 2 aromatic rings. The van der Waals surface area contributed by atoms with Gasteiger partial charge in [0.1, 0.15) is 0 Å². The van der Waals surface area contributed by atoms with E-state index in [-0.39, 0.29) is 6.04 Å². The summed E-state index contributed by atoms with van der Waals surface area (Å²) in [6.45, 7) is 0. The van der Waals surface area contributed by atoms with Crippen LogP contribution in [0.25, 0.3) is 0 Å². The molecule has 0 amide bonds. The van der Waals surface area contributed by atoms with E-state index in [2.05, 4.69) is 6.07 Å². The Hall–Kier alpha value is -1.82. The van der Waals surface area contributed by atoms with Gasteiger partial charge in [-0.3, -0.25) is 0 Å². The first-order chi connectivity index (χ1) is 8.20. The molecule has 2 aromatic carbocycles. The van der Waals surface area contributed by atoms with Crippen molar-refractivity contribution < 1.29 is 0 Å². The highest BCUT2D eigenvalue weighted by atomic mass is 35.5. The molecule has 0 aromatic heterocycles. The van der Waals surface area contributed by atoms with Crippen molar-refractivity contribution >= 4 is 11.6 Å². The lowest BCUT2D eigenvalue weighted by Crippen LogP contribution is -2.11. The van der Waals surface area contributed by atoms with Crippen molar-refractivity contribution in [3.8, 4) is 6.07 Å². The molecule has 0 aliphatic carbocycles. The summed E-state index contributed by atoms with van der Waals surface area (Å²) in [5.74, 6) is 0. The maximum Gasteiger partial charge on any atom is 0.0991 e. The summed E-state index contributed by atoms with van der Waals surface area (Å²) in [5, 5.41) is 9.41. The van der Waals surface area contributed by atoms with Crippen LogP contribution in [0.1, 0.15) is 22.7 Å². The molecule has 0 radical (unpaired) electrons. The number of nitrogens with zero attached hydrogens (tertiary/aromatic N) is 1. The molecule has 0 spiro atoms. The van der Waals surface area contributed by atoms with Gasteiger partial charge in [-0.1, -0.05) is 35.9 Å². The number of nitriles is 1. The zero-order valence-electron chi connectivity index (χ0n) is 9.10. The summed E-state index contributed by atoms with van der Waals surface area (Å²) in [7, 11) is 0. The molecule has 2 rings (SSSR count). The molecule has 17 heavy (non-hydrogen) atoms. The minimum atomic E-state index is -0.194. The first-order valence-corrected chi connectivity index (χ1v) is 5.59. The quantitative estimate of drug-likeness (QED) is 0.879. The topological polar surface area (TPSA) is 49.8 Å². The first-order valence-electron chi connectivity index (χ1n) is 5.22. The molecule has 84 valence electrons. The van der Waals surface area contributed by atoms with E-state index in [9.17, 15) is 0 Å². The third-order valence-electron chi connectivity index (χ3n) is 2.63. The van der Waals surface area contributed by atoms with E-state index in [4.69, 9.17) is 22.6 Å². The van der Waals surface area contributed by atoms with E-state index < -0.39 is 0 Å². The molecule has 0 unspecified atom stereocenters. The molecule has 0 fully saturated rings. The second kappa shape index (κ2) is 5.01. The monoisotopic (exact) mass is 242 g/mol. The van der Waals surface area contributed by atoms with Crippen molar-refractivity contribution in [3.05, 3.63) is 70.2 Å². The Morgan fingerprint density at radius 1 is 0.941 bits per heavy atom. The van der Waals surface area contributed by atoms with Gasteiger partial charge in [0.2, 0.25) is 0 Å². The van der Waals surface area contributed by atoms with E-state index in [0.717, 1.165) is 11.1 Å². The van der Waals surface area contributed by atoms with Crippen LogP contribution in [0.5, 0.6) is 0 Å².